The normalized spacial score (nSPS) is 19.2. The number of carboxylic acids is 1. The summed E-state index contributed by atoms with van der Waals surface area (Å²) in [7, 11) is 0. The van der Waals surface area contributed by atoms with Gasteiger partial charge in [0.25, 0.3) is 0 Å². The summed E-state index contributed by atoms with van der Waals surface area (Å²) in [6, 6.07) is 12.0. The van der Waals surface area contributed by atoms with Crippen molar-refractivity contribution in [1.82, 2.24) is 25.3 Å². The number of carbonyl (C=O) groups is 4. The van der Waals surface area contributed by atoms with Crippen LogP contribution in [0.15, 0.2) is 58.8 Å². The van der Waals surface area contributed by atoms with Crippen LogP contribution in [0, 0.1) is 17.8 Å². The zero-order valence-electron chi connectivity index (χ0n) is 31.1. The Morgan fingerprint density at radius 2 is 1.21 bits per heavy atom. The van der Waals surface area contributed by atoms with E-state index < -0.39 is 5.97 Å². The summed E-state index contributed by atoms with van der Waals surface area (Å²) in [5, 5.41) is 21.7. The van der Waals surface area contributed by atoms with Crippen molar-refractivity contribution in [2.75, 3.05) is 17.2 Å². The maximum atomic E-state index is 12.6. The number of aromatic nitrogens is 4. The number of carbonyl (C=O) groups excluding carboxylic acids is 3. The number of carboxylic acid groups (broad SMARTS) is 1. The highest BCUT2D eigenvalue weighted by Gasteiger charge is 2.32. The van der Waals surface area contributed by atoms with E-state index in [-0.39, 0.29) is 28.0 Å². The van der Waals surface area contributed by atoms with Gasteiger partial charge < -0.3 is 21.1 Å². The Bertz CT molecular complexity index is 2690. The Morgan fingerprint density at radius 3 is 1.72 bits per heavy atom. The lowest BCUT2D eigenvalue weighted by molar-refractivity contribution is -0.142. The van der Waals surface area contributed by atoms with E-state index in [4.69, 9.17) is 0 Å². The molecule has 1 saturated carbocycles. The molecule has 58 heavy (non-hydrogen) atoms. The number of thioether (sulfide) groups is 2. The Labute approximate surface area is 349 Å². The van der Waals surface area contributed by atoms with Crippen molar-refractivity contribution in [2.24, 2.45) is 17.8 Å². The summed E-state index contributed by atoms with van der Waals surface area (Å²) in [4.78, 5) is 71.4. The molecule has 2 unspecified atom stereocenters. The van der Waals surface area contributed by atoms with Crippen LogP contribution in [-0.2, 0) is 57.7 Å². The van der Waals surface area contributed by atoms with Gasteiger partial charge in [0.15, 0.2) is 10.2 Å². The largest absolute Gasteiger partial charge is 0.481 e. The third kappa shape index (κ3) is 7.46. The monoisotopic (exact) mass is 847 g/mol. The molecule has 4 aromatic heterocycles. The van der Waals surface area contributed by atoms with Crippen LogP contribution in [-0.4, -0.2) is 53.7 Å². The van der Waals surface area contributed by atoms with Gasteiger partial charge >= 0.3 is 5.97 Å². The number of aliphatic carboxylic acids is 1. The summed E-state index contributed by atoms with van der Waals surface area (Å²) >= 11 is 5.84. The molecule has 0 radical (unpaired) electrons. The third-order valence-electron chi connectivity index (χ3n) is 11.4. The van der Waals surface area contributed by atoms with Crippen LogP contribution in [0.3, 0.4) is 0 Å². The SMILES string of the molecule is O=C1Cc2ccc(Nc3ncnc4sc5c(c34)CCC(C(=O)NCC3CC3)C5)cc2S1.O=C1Cc2ccc(Nc3ncnc4sc5c(c34)CCC(C(=O)O)C5)cc2S1. The second-order valence-electron chi connectivity index (χ2n) is 15.4. The summed E-state index contributed by atoms with van der Waals surface area (Å²) < 4.78 is 0. The summed E-state index contributed by atoms with van der Waals surface area (Å²) in [6.07, 6.45) is 11.1. The van der Waals surface area contributed by atoms with Crippen molar-refractivity contribution < 1.29 is 24.3 Å². The molecule has 1 fully saturated rings. The molecule has 2 aliphatic heterocycles. The van der Waals surface area contributed by atoms with Gasteiger partial charge in [0.05, 0.1) is 16.7 Å². The van der Waals surface area contributed by atoms with E-state index in [1.54, 1.807) is 29.0 Å². The number of fused-ring (bicyclic) bond motifs is 8. The molecule has 1 amide bonds. The van der Waals surface area contributed by atoms with Crippen molar-refractivity contribution in [1.29, 1.82) is 0 Å². The molecular weight excluding hydrogens is 811 g/mol. The second-order valence-corrected chi connectivity index (χ2v) is 19.8. The first-order valence-corrected chi connectivity index (χ1v) is 22.7. The van der Waals surface area contributed by atoms with Crippen molar-refractivity contribution >= 4 is 112 Å². The van der Waals surface area contributed by atoms with Gasteiger partial charge in [0, 0.05) is 56.2 Å². The lowest BCUT2D eigenvalue weighted by Gasteiger charge is -2.22. The molecule has 3 aliphatic carbocycles. The van der Waals surface area contributed by atoms with E-state index in [1.807, 2.05) is 36.4 Å². The number of anilines is 4. The van der Waals surface area contributed by atoms with Gasteiger partial charge in [-0.05, 0) is 104 Å². The lowest BCUT2D eigenvalue weighted by Crippen LogP contribution is -2.34. The number of nitrogens with one attached hydrogen (secondary N) is 3. The predicted octanol–water partition coefficient (Wildman–Crippen LogP) is 8.04. The van der Waals surface area contributed by atoms with Crippen LogP contribution in [0.2, 0.25) is 0 Å². The molecule has 16 heteroatoms. The smallest absolute Gasteiger partial charge is 0.306 e. The maximum absolute atomic E-state index is 12.6. The Balaban J connectivity index is 0.000000142. The minimum atomic E-state index is -0.729. The van der Waals surface area contributed by atoms with Crippen molar-refractivity contribution in [3.63, 3.8) is 0 Å². The number of benzene rings is 2. The van der Waals surface area contributed by atoms with Gasteiger partial charge in [0.2, 0.25) is 5.91 Å². The van der Waals surface area contributed by atoms with Crippen molar-refractivity contribution in [2.45, 2.75) is 74.0 Å². The fourth-order valence-electron chi connectivity index (χ4n) is 8.20. The average molecular weight is 848 g/mol. The van der Waals surface area contributed by atoms with Crippen LogP contribution in [0.4, 0.5) is 23.0 Å². The van der Waals surface area contributed by atoms with E-state index in [1.165, 1.54) is 58.7 Å². The predicted molar refractivity (Wildman–Crippen MR) is 228 cm³/mol. The van der Waals surface area contributed by atoms with Crippen LogP contribution >= 0.6 is 46.2 Å². The highest BCUT2D eigenvalue weighted by atomic mass is 32.2. The zero-order valence-corrected chi connectivity index (χ0v) is 34.4. The van der Waals surface area contributed by atoms with E-state index in [0.29, 0.717) is 31.6 Å². The average Bonchev–Trinajstić information content (AvgIpc) is 3.48. The number of hydrogen-bond acceptors (Lipinski definition) is 14. The highest BCUT2D eigenvalue weighted by molar-refractivity contribution is 8.14. The molecule has 0 spiro atoms. The van der Waals surface area contributed by atoms with Gasteiger partial charge in [-0.3, -0.25) is 19.2 Å². The number of thiophene rings is 2. The summed E-state index contributed by atoms with van der Waals surface area (Å²) in [6.45, 7) is 0.832. The number of aryl methyl sites for hydroxylation is 2. The number of hydrogen-bond donors (Lipinski definition) is 4. The van der Waals surface area contributed by atoms with Crippen LogP contribution in [0.1, 0.15) is 57.7 Å². The maximum Gasteiger partial charge on any atom is 0.306 e. The molecule has 6 heterocycles. The molecule has 2 aromatic carbocycles. The molecule has 2 atom stereocenters. The Hall–Kier alpha value is -4.90. The standard InChI is InChI=1S/C23H22N4O2S2.C19H15N3O3S2/c28-19-8-13-3-5-15(9-17(13)30-19)27-21-20-16-6-4-14(22(29)24-10-12-1-2-12)7-18(16)31-23(20)26-11-25-21;23-15-6-9-1-3-11(7-13(9)26-15)22-17-16-12-4-2-10(19(24)25)5-14(12)27-18(16)21-8-20-17/h3,5,9,11-12,14H,1-2,4,6-8,10H2,(H,24,29)(H,25,26,27);1,3,7-8,10H,2,4-6H2,(H,24,25)(H,20,21,22). The molecule has 0 saturated heterocycles. The Kier molecular flexibility index (Phi) is 9.90. The Morgan fingerprint density at radius 1 is 0.690 bits per heavy atom. The molecule has 0 bridgehead atoms. The number of rotatable bonds is 8. The van der Waals surface area contributed by atoms with Gasteiger partial charge in [-0.1, -0.05) is 35.7 Å². The first-order chi connectivity index (χ1) is 28.2. The van der Waals surface area contributed by atoms with Gasteiger partial charge in [0.1, 0.15) is 34.0 Å². The highest BCUT2D eigenvalue weighted by Crippen LogP contribution is 2.43. The molecule has 294 valence electrons. The van der Waals surface area contributed by atoms with Crippen molar-refractivity contribution in [3.8, 4) is 0 Å². The minimum absolute atomic E-state index is 0.0509. The quantitative estimate of drug-likeness (QED) is 0.116. The van der Waals surface area contributed by atoms with E-state index in [2.05, 4.69) is 35.9 Å². The van der Waals surface area contributed by atoms with Crippen LogP contribution < -0.4 is 16.0 Å². The molecule has 5 aliphatic rings. The zero-order chi connectivity index (χ0) is 39.5. The number of nitrogens with zero attached hydrogens (tertiary/aromatic N) is 4. The lowest BCUT2D eigenvalue weighted by atomic mass is 9.87. The first-order valence-electron chi connectivity index (χ1n) is 19.4. The molecule has 6 aromatic rings. The van der Waals surface area contributed by atoms with Gasteiger partial charge in [-0.15, -0.1) is 22.7 Å². The van der Waals surface area contributed by atoms with Crippen molar-refractivity contribution in [3.05, 3.63) is 81.1 Å². The summed E-state index contributed by atoms with van der Waals surface area (Å²) in [5.74, 6) is 1.44. The molecule has 12 nitrogen and oxygen atoms in total. The molecule has 4 N–H and O–H groups in total. The topological polar surface area (TPSA) is 176 Å². The van der Waals surface area contributed by atoms with E-state index >= 15 is 0 Å². The second kappa shape index (κ2) is 15.4. The fraction of sp³-hybridized carbons (Fsp3) is 0.333. The molecular formula is C42H37N7O5S4. The van der Waals surface area contributed by atoms with Crippen LogP contribution in [0.5, 0.6) is 0 Å². The van der Waals surface area contributed by atoms with E-state index in [9.17, 15) is 24.3 Å². The molecule has 11 rings (SSSR count). The van der Waals surface area contributed by atoms with Gasteiger partial charge in [-0.2, -0.15) is 0 Å². The third-order valence-corrected chi connectivity index (χ3v) is 15.7. The fourth-order valence-corrected chi connectivity index (χ4v) is 12.6. The first kappa shape index (κ1) is 37.4. The number of amides is 1. The van der Waals surface area contributed by atoms with E-state index in [0.717, 1.165) is 101 Å². The van der Waals surface area contributed by atoms with Crippen LogP contribution in [0.25, 0.3) is 20.4 Å². The minimum Gasteiger partial charge on any atom is -0.481 e. The van der Waals surface area contributed by atoms with Gasteiger partial charge in [-0.25, -0.2) is 19.9 Å². The summed E-state index contributed by atoms with van der Waals surface area (Å²) in [5.41, 5.74) is 6.41.